The Morgan fingerprint density at radius 1 is 1.40 bits per heavy atom. The molecule has 2 nitrogen and oxygen atoms in total. The predicted molar refractivity (Wildman–Crippen MR) is 70.7 cm³/mol. The highest BCUT2D eigenvalue weighted by Gasteiger charge is 2.21. The summed E-state index contributed by atoms with van der Waals surface area (Å²) in [7, 11) is 0. The molecule has 1 aliphatic heterocycles. The van der Waals surface area contributed by atoms with Crippen LogP contribution in [0.1, 0.15) is 33.1 Å². The third-order valence-electron chi connectivity index (χ3n) is 3.09. The summed E-state index contributed by atoms with van der Waals surface area (Å²) < 4.78 is 0. The summed E-state index contributed by atoms with van der Waals surface area (Å²) in [5, 5.41) is 3.57. The first kappa shape index (κ1) is 13.3. The quantitative estimate of drug-likeness (QED) is 0.753. The molecule has 0 aliphatic carbocycles. The average molecular weight is 230 g/mol. The van der Waals surface area contributed by atoms with Gasteiger partial charge in [-0.05, 0) is 25.6 Å². The molecule has 0 spiro atoms. The van der Waals surface area contributed by atoms with Crippen molar-refractivity contribution < 1.29 is 0 Å². The topological polar surface area (TPSA) is 15.3 Å². The van der Waals surface area contributed by atoms with Gasteiger partial charge < -0.3 is 5.32 Å². The number of likely N-dealkylation sites (tertiary alicyclic amines) is 1. The molecule has 90 valence electrons. The number of nitrogens with one attached hydrogen (secondary N) is 1. The highest BCUT2D eigenvalue weighted by molar-refractivity contribution is 7.98. The van der Waals surface area contributed by atoms with Crippen LogP contribution in [-0.2, 0) is 0 Å². The SMILES string of the molecule is CSCCN1CCCCC1CNC(C)C. The van der Waals surface area contributed by atoms with Gasteiger partial charge in [0.1, 0.15) is 0 Å². The first-order valence-electron chi connectivity index (χ1n) is 6.20. The molecule has 3 heteroatoms. The lowest BCUT2D eigenvalue weighted by atomic mass is 10.0. The van der Waals surface area contributed by atoms with Crippen molar-refractivity contribution in [2.75, 3.05) is 31.6 Å². The van der Waals surface area contributed by atoms with Crippen LogP contribution in [0.3, 0.4) is 0 Å². The molecule has 1 heterocycles. The Hall–Kier alpha value is 0.270. The molecule has 1 fully saturated rings. The lowest BCUT2D eigenvalue weighted by molar-refractivity contribution is 0.153. The standard InChI is InChI=1S/C12H26N2S/c1-11(2)13-10-12-6-4-5-7-14(12)8-9-15-3/h11-13H,4-10H2,1-3H3. The summed E-state index contributed by atoms with van der Waals surface area (Å²) in [6.07, 6.45) is 6.40. The van der Waals surface area contributed by atoms with Crippen LogP contribution in [0.2, 0.25) is 0 Å². The van der Waals surface area contributed by atoms with Crippen molar-refractivity contribution in [2.45, 2.75) is 45.2 Å². The summed E-state index contributed by atoms with van der Waals surface area (Å²) in [6, 6.07) is 1.41. The van der Waals surface area contributed by atoms with Crippen LogP contribution in [0.4, 0.5) is 0 Å². The van der Waals surface area contributed by atoms with Crippen molar-refractivity contribution in [1.29, 1.82) is 0 Å². The molecule has 0 amide bonds. The molecule has 0 aromatic rings. The molecule has 1 N–H and O–H groups in total. The molecule has 0 aromatic heterocycles. The number of hydrogen-bond donors (Lipinski definition) is 1. The minimum atomic E-state index is 0.620. The highest BCUT2D eigenvalue weighted by atomic mass is 32.2. The van der Waals surface area contributed by atoms with Gasteiger partial charge in [0.05, 0.1) is 0 Å². The Morgan fingerprint density at radius 3 is 2.87 bits per heavy atom. The average Bonchev–Trinajstić information content (AvgIpc) is 2.24. The van der Waals surface area contributed by atoms with Gasteiger partial charge in [0.25, 0.3) is 0 Å². The van der Waals surface area contributed by atoms with Crippen LogP contribution < -0.4 is 5.32 Å². The lowest BCUT2D eigenvalue weighted by Crippen LogP contribution is -2.47. The zero-order chi connectivity index (χ0) is 11.1. The van der Waals surface area contributed by atoms with E-state index < -0.39 is 0 Å². The van der Waals surface area contributed by atoms with Crippen LogP contribution in [-0.4, -0.2) is 48.6 Å². The third kappa shape index (κ3) is 5.23. The molecule has 0 aromatic carbocycles. The molecule has 1 aliphatic rings. The molecule has 1 unspecified atom stereocenters. The second kappa shape index (κ2) is 7.53. The van der Waals surface area contributed by atoms with Gasteiger partial charge in [-0.2, -0.15) is 11.8 Å². The highest BCUT2D eigenvalue weighted by Crippen LogP contribution is 2.16. The molecule has 1 atom stereocenters. The zero-order valence-corrected chi connectivity index (χ0v) is 11.3. The number of thioether (sulfide) groups is 1. The van der Waals surface area contributed by atoms with E-state index in [1.54, 1.807) is 0 Å². The normalized spacial score (nSPS) is 23.6. The Balaban J connectivity index is 2.29. The van der Waals surface area contributed by atoms with Crippen molar-refractivity contribution >= 4 is 11.8 Å². The van der Waals surface area contributed by atoms with Gasteiger partial charge in [-0.25, -0.2) is 0 Å². The van der Waals surface area contributed by atoms with Crippen molar-refractivity contribution in [2.24, 2.45) is 0 Å². The second-order valence-electron chi connectivity index (χ2n) is 4.74. The summed E-state index contributed by atoms with van der Waals surface area (Å²) in [5.41, 5.74) is 0. The molecular formula is C12H26N2S. The van der Waals surface area contributed by atoms with E-state index >= 15 is 0 Å². The van der Waals surface area contributed by atoms with Gasteiger partial charge in [0.2, 0.25) is 0 Å². The van der Waals surface area contributed by atoms with Crippen LogP contribution in [0.5, 0.6) is 0 Å². The number of rotatable bonds is 6. The van der Waals surface area contributed by atoms with Crippen molar-refractivity contribution in [1.82, 2.24) is 10.2 Å². The van der Waals surface area contributed by atoms with Gasteiger partial charge in [-0.15, -0.1) is 0 Å². The molecule has 0 radical (unpaired) electrons. The first-order valence-corrected chi connectivity index (χ1v) is 7.59. The number of piperidine rings is 1. The van der Waals surface area contributed by atoms with Crippen molar-refractivity contribution in [3.63, 3.8) is 0 Å². The fourth-order valence-electron chi connectivity index (χ4n) is 2.17. The van der Waals surface area contributed by atoms with Crippen molar-refractivity contribution in [3.8, 4) is 0 Å². The smallest absolute Gasteiger partial charge is 0.0221 e. The van der Waals surface area contributed by atoms with E-state index in [2.05, 4.69) is 30.3 Å². The Morgan fingerprint density at radius 2 is 2.20 bits per heavy atom. The van der Waals surface area contributed by atoms with E-state index in [4.69, 9.17) is 0 Å². The fourth-order valence-corrected chi connectivity index (χ4v) is 2.58. The lowest BCUT2D eigenvalue weighted by Gasteiger charge is -2.36. The fraction of sp³-hybridized carbons (Fsp3) is 1.00. The van der Waals surface area contributed by atoms with Gasteiger partial charge in [0, 0.05) is 30.9 Å². The maximum absolute atomic E-state index is 3.57. The zero-order valence-electron chi connectivity index (χ0n) is 10.5. The molecule has 0 saturated carbocycles. The van der Waals surface area contributed by atoms with Crippen LogP contribution in [0.15, 0.2) is 0 Å². The first-order chi connectivity index (χ1) is 7.24. The molecule has 0 bridgehead atoms. The van der Waals surface area contributed by atoms with E-state index in [-0.39, 0.29) is 0 Å². The summed E-state index contributed by atoms with van der Waals surface area (Å²) in [5.74, 6) is 1.28. The van der Waals surface area contributed by atoms with E-state index in [1.807, 2.05) is 11.8 Å². The minimum absolute atomic E-state index is 0.620. The Bertz CT molecular complexity index is 162. The molecule has 15 heavy (non-hydrogen) atoms. The van der Waals surface area contributed by atoms with Gasteiger partial charge >= 0.3 is 0 Å². The third-order valence-corrected chi connectivity index (χ3v) is 3.68. The van der Waals surface area contributed by atoms with Crippen molar-refractivity contribution in [3.05, 3.63) is 0 Å². The molecular weight excluding hydrogens is 204 g/mol. The van der Waals surface area contributed by atoms with E-state index in [0.29, 0.717) is 6.04 Å². The Labute approximate surface area is 99.2 Å². The Kier molecular flexibility index (Phi) is 6.69. The number of hydrogen-bond acceptors (Lipinski definition) is 3. The van der Waals surface area contributed by atoms with Gasteiger partial charge in [-0.1, -0.05) is 20.3 Å². The van der Waals surface area contributed by atoms with E-state index in [1.165, 1.54) is 44.6 Å². The maximum Gasteiger partial charge on any atom is 0.0221 e. The minimum Gasteiger partial charge on any atom is -0.313 e. The monoisotopic (exact) mass is 230 g/mol. The number of nitrogens with zero attached hydrogens (tertiary/aromatic N) is 1. The largest absolute Gasteiger partial charge is 0.313 e. The van der Waals surface area contributed by atoms with E-state index in [9.17, 15) is 0 Å². The molecule has 1 saturated heterocycles. The summed E-state index contributed by atoms with van der Waals surface area (Å²) in [4.78, 5) is 2.68. The predicted octanol–water partition coefficient (Wildman–Crippen LogP) is 2.20. The van der Waals surface area contributed by atoms with Crippen LogP contribution in [0, 0.1) is 0 Å². The summed E-state index contributed by atoms with van der Waals surface area (Å²) >= 11 is 1.96. The molecule has 1 rings (SSSR count). The van der Waals surface area contributed by atoms with Gasteiger partial charge in [-0.3, -0.25) is 4.90 Å². The maximum atomic E-state index is 3.57. The second-order valence-corrected chi connectivity index (χ2v) is 5.73. The van der Waals surface area contributed by atoms with E-state index in [0.717, 1.165) is 6.04 Å². The van der Waals surface area contributed by atoms with Gasteiger partial charge in [0.15, 0.2) is 0 Å². The van der Waals surface area contributed by atoms with Crippen LogP contribution in [0.25, 0.3) is 0 Å². The summed E-state index contributed by atoms with van der Waals surface area (Å²) in [6.45, 7) is 8.22. The van der Waals surface area contributed by atoms with Crippen LogP contribution >= 0.6 is 11.8 Å².